The molecule has 17 heavy (non-hydrogen) atoms. The normalized spacial score (nSPS) is 13.7. The lowest BCUT2D eigenvalue weighted by Crippen LogP contribution is -2.56. The third-order valence-corrected chi connectivity index (χ3v) is 3.58. The van der Waals surface area contributed by atoms with Crippen molar-refractivity contribution >= 4 is 17.7 Å². The molecule has 1 atom stereocenters. The van der Waals surface area contributed by atoms with Crippen molar-refractivity contribution in [2.75, 3.05) is 27.4 Å². The van der Waals surface area contributed by atoms with E-state index in [0.717, 1.165) is 10.9 Å². The second-order valence-electron chi connectivity index (χ2n) is 4.95. The number of carbonyl (C=O) groups excluding carboxylic acids is 1. The second-order valence-corrected chi connectivity index (χ2v) is 5.72. The van der Waals surface area contributed by atoms with Gasteiger partial charge < -0.3 is 19.0 Å². The van der Waals surface area contributed by atoms with Gasteiger partial charge in [-0.3, -0.25) is 0 Å². The maximum absolute atomic E-state index is 11.2. The summed E-state index contributed by atoms with van der Waals surface area (Å²) in [5, 5.41) is 12.1. The molecular formula is C11H19N3O2S. The second kappa shape index (κ2) is 5.10. The summed E-state index contributed by atoms with van der Waals surface area (Å²) in [5.41, 5.74) is 0.914. The molecule has 0 spiro atoms. The van der Waals surface area contributed by atoms with Crippen LogP contribution < -0.4 is 5.11 Å². The van der Waals surface area contributed by atoms with Crippen LogP contribution in [-0.2, 0) is 18.3 Å². The molecule has 0 aromatic carbocycles. The summed E-state index contributed by atoms with van der Waals surface area (Å²) < 4.78 is 2.26. The molecular weight excluding hydrogens is 238 g/mol. The Hall–Kier alpha value is -1.01. The van der Waals surface area contributed by atoms with Gasteiger partial charge in [0.2, 0.25) is 0 Å². The van der Waals surface area contributed by atoms with Crippen molar-refractivity contribution in [3.8, 4) is 0 Å². The minimum Gasteiger partial charge on any atom is -0.544 e. The Morgan fingerprint density at radius 3 is 2.53 bits per heavy atom. The minimum atomic E-state index is -1.02. The van der Waals surface area contributed by atoms with Crippen LogP contribution in [-0.4, -0.2) is 53.4 Å². The van der Waals surface area contributed by atoms with E-state index in [4.69, 9.17) is 0 Å². The number of carboxylic acids is 1. The van der Waals surface area contributed by atoms with E-state index in [0.29, 0.717) is 10.9 Å². The molecule has 1 rings (SSSR count). The van der Waals surface area contributed by atoms with Crippen LogP contribution in [0, 0.1) is 0 Å². The smallest absolute Gasteiger partial charge is 0.167 e. The van der Waals surface area contributed by atoms with Crippen molar-refractivity contribution in [1.82, 2.24) is 9.55 Å². The molecule has 0 aliphatic heterocycles. The summed E-state index contributed by atoms with van der Waals surface area (Å²) >= 11 is 1.54. The van der Waals surface area contributed by atoms with E-state index in [2.05, 4.69) is 4.98 Å². The first kappa shape index (κ1) is 14.1. The van der Waals surface area contributed by atoms with Gasteiger partial charge in [0.25, 0.3) is 0 Å². The lowest BCUT2D eigenvalue weighted by Gasteiger charge is -2.34. The maximum Gasteiger partial charge on any atom is 0.167 e. The van der Waals surface area contributed by atoms with Crippen LogP contribution in [0.3, 0.4) is 0 Å². The number of rotatable bonds is 5. The number of carbonyl (C=O) groups is 1. The van der Waals surface area contributed by atoms with Crippen molar-refractivity contribution in [3.63, 3.8) is 0 Å². The lowest BCUT2D eigenvalue weighted by atomic mass is 10.1. The van der Waals surface area contributed by atoms with E-state index in [1.54, 1.807) is 18.0 Å². The monoisotopic (exact) mass is 257 g/mol. The van der Waals surface area contributed by atoms with Crippen LogP contribution in [0.4, 0.5) is 0 Å². The molecule has 1 aromatic rings. The molecule has 0 N–H and O–H groups in total. The summed E-state index contributed by atoms with van der Waals surface area (Å²) in [5.74, 6) is -1.02. The average Bonchev–Trinajstić information content (AvgIpc) is 2.53. The number of imidazole rings is 1. The van der Waals surface area contributed by atoms with Crippen LogP contribution in [0.2, 0.25) is 0 Å². The summed E-state index contributed by atoms with van der Waals surface area (Å²) in [6, 6.07) is -0.569. The number of hydrogen-bond acceptors (Lipinski definition) is 4. The summed E-state index contributed by atoms with van der Waals surface area (Å²) in [4.78, 5) is 15.4. The number of carboxylic acid groups (broad SMARTS) is 1. The predicted octanol–water partition coefficient (Wildman–Crippen LogP) is -0.491. The average molecular weight is 257 g/mol. The fourth-order valence-electron chi connectivity index (χ4n) is 1.68. The molecule has 0 saturated heterocycles. The van der Waals surface area contributed by atoms with Gasteiger partial charge in [-0.15, -0.1) is 0 Å². The van der Waals surface area contributed by atoms with E-state index in [1.165, 1.54) is 0 Å². The fraction of sp³-hybridized carbons (Fsp3) is 0.636. The Balaban J connectivity index is 2.95. The van der Waals surface area contributed by atoms with Gasteiger partial charge in [-0.2, -0.15) is 0 Å². The third kappa shape index (κ3) is 3.23. The molecule has 0 radical (unpaired) electrons. The fourth-order valence-corrected chi connectivity index (χ4v) is 2.23. The van der Waals surface area contributed by atoms with Crippen LogP contribution in [0.25, 0.3) is 0 Å². The van der Waals surface area contributed by atoms with Gasteiger partial charge >= 0.3 is 0 Å². The molecule has 0 unspecified atom stereocenters. The molecule has 0 amide bonds. The van der Waals surface area contributed by atoms with Crippen LogP contribution in [0.1, 0.15) is 5.69 Å². The lowest BCUT2D eigenvalue weighted by molar-refractivity contribution is -0.889. The number of quaternary nitrogens is 1. The van der Waals surface area contributed by atoms with Crippen molar-refractivity contribution in [2.45, 2.75) is 17.6 Å². The molecule has 5 nitrogen and oxygen atoms in total. The largest absolute Gasteiger partial charge is 0.544 e. The zero-order valence-corrected chi connectivity index (χ0v) is 11.7. The molecule has 1 heterocycles. The summed E-state index contributed by atoms with van der Waals surface area (Å²) in [6.45, 7) is 0. The van der Waals surface area contributed by atoms with E-state index in [9.17, 15) is 9.90 Å². The first-order chi connectivity index (χ1) is 7.77. The molecule has 6 heteroatoms. The van der Waals surface area contributed by atoms with Gasteiger partial charge in [0.15, 0.2) is 5.16 Å². The Kier molecular flexibility index (Phi) is 4.21. The predicted molar refractivity (Wildman–Crippen MR) is 65.5 cm³/mol. The molecule has 0 aliphatic rings. The number of thioether (sulfide) groups is 1. The van der Waals surface area contributed by atoms with Crippen LogP contribution in [0.15, 0.2) is 11.4 Å². The van der Waals surface area contributed by atoms with Gasteiger partial charge in [0.1, 0.15) is 6.04 Å². The minimum absolute atomic E-state index is 0.335. The Morgan fingerprint density at radius 1 is 1.59 bits per heavy atom. The van der Waals surface area contributed by atoms with Gasteiger partial charge in [0, 0.05) is 25.4 Å². The summed E-state index contributed by atoms with van der Waals surface area (Å²) in [7, 11) is 7.46. The SMILES string of the molecule is CSc1ncc(C[C@@H](C(=O)[O-])[N+](C)(C)C)n1C. The summed E-state index contributed by atoms with van der Waals surface area (Å²) in [6.07, 6.45) is 4.11. The number of nitrogens with zero attached hydrogens (tertiary/aromatic N) is 3. The molecule has 0 bridgehead atoms. The number of likely N-dealkylation sites (N-methyl/N-ethyl adjacent to an activating group) is 1. The molecule has 0 aliphatic carbocycles. The number of aliphatic carboxylic acids is 1. The highest BCUT2D eigenvalue weighted by molar-refractivity contribution is 7.98. The van der Waals surface area contributed by atoms with E-state index in [-0.39, 0.29) is 0 Å². The molecule has 0 saturated carbocycles. The van der Waals surface area contributed by atoms with Crippen molar-refractivity contribution in [1.29, 1.82) is 0 Å². The van der Waals surface area contributed by atoms with Crippen molar-refractivity contribution < 1.29 is 14.4 Å². The van der Waals surface area contributed by atoms with E-state index >= 15 is 0 Å². The van der Waals surface area contributed by atoms with E-state index < -0.39 is 12.0 Å². The zero-order valence-electron chi connectivity index (χ0n) is 10.9. The van der Waals surface area contributed by atoms with Crippen LogP contribution >= 0.6 is 11.8 Å². The highest BCUT2D eigenvalue weighted by Gasteiger charge is 2.26. The Morgan fingerprint density at radius 2 is 2.18 bits per heavy atom. The first-order valence-electron chi connectivity index (χ1n) is 5.34. The molecule has 0 fully saturated rings. The number of aromatic nitrogens is 2. The molecule has 1 aromatic heterocycles. The Bertz CT molecular complexity index is 409. The van der Waals surface area contributed by atoms with Crippen molar-refractivity contribution in [3.05, 3.63) is 11.9 Å². The van der Waals surface area contributed by atoms with Gasteiger partial charge in [-0.1, -0.05) is 11.8 Å². The highest BCUT2D eigenvalue weighted by atomic mass is 32.2. The standard InChI is InChI=1S/C11H19N3O2S/c1-13-8(7-12-11(13)17-5)6-9(10(15)16)14(2,3)4/h7,9H,6H2,1-5H3/t9-/m0/s1. The maximum atomic E-state index is 11.2. The van der Waals surface area contributed by atoms with Gasteiger partial charge in [-0.25, -0.2) is 4.98 Å². The van der Waals surface area contributed by atoms with Gasteiger partial charge in [-0.05, 0) is 6.26 Å². The highest BCUT2D eigenvalue weighted by Crippen LogP contribution is 2.17. The van der Waals surface area contributed by atoms with Crippen LogP contribution in [0.5, 0.6) is 0 Å². The molecule has 96 valence electrons. The number of hydrogen-bond donors (Lipinski definition) is 0. The van der Waals surface area contributed by atoms with Gasteiger partial charge in [0.05, 0.1) is 27.1 Å². The quantitative estimate of drug-likeness (QED) is 0.527. The van der Waals surface area contributed by atoms with E-state index in [1.807, 2.05) is 39.0 Å². The first-order valence-corrected chi connectivity index (χ1v) is 6.56. The topological polar surface area (TPSA) is 57.9 Å². The Labute approximate surface area is 106 Å². The third-order valence-electron chi connectivity index (χ3n) is 2.83. The zero-order chi connectivity index (χ0) is 13.2. The van der Waals surface area contributed by atoms with Crippen molar-refractivity contribution in [2.24, 2.45) is 7.05 Å².